The molecule has 0 spiro atoms. The van der Waals surface area contributed by atoms with Crippen molar-refractivity contribution in [2.75, 3.05) is 0 Å². The highest BCUT2D eigenvalue weighted by Crippen LogP contribution is 2.19. The number of aliphatic hydroxyl groups excluding tert-OH is 1. The topological polar surface area (TPSA) is 46.3 Å². The summed E-state index contributed by atoms with van der Waals surface area (Å²) in [6.45, 7) is 1.38. The Morgan fingerprint density at radius 2 is 2.31 bits per heavy atom. The van der Waals surface area contributed by atoms with E-state index >= 15 is 0 Å². The average molecular weight is 181 g/mol. The molecule has 0 saturated heterocycles. The van der Waals surface area contributed by atoms with Crippen molar-refractivity contribution in [1.82, 2.24) is 4.98 Å². The van der Waals surface area contributed by atoms with Gasteiger partial charge in [-0.3, -0.25) is 0 Å². The molecule has 4 heteroatoms. The van der Waals surface area contributed by atoms with Crippen LogP contribution in [0.25, 0.3) is 11.1 Å². The Labute approximate surface area is 73.8 Å². The largest absolute Gasteiger partial charge is 0.438 e. The Bertz CT molecular complexity index is 411. The fourth-order valence-electron chi connectivity index (χ4n) is 1.17. The Morgan fingerprint density at radius 3 is 3.00 bits per heavy atom. The Kier molecular flexibility index (Phi) is 1.77. The van der Waals surface area contributed by atoms with E-state index in [0.717, 1.165) is 0 Å². The van der Waals surface area contributed by atoms with Gasteiger partial charge in [0.1, 0.15) is 17.9 Å². The summed E-state index contributed by atoms with van der Waals surface area (Å²) in [5, 5.41) is 8.73. The smallest absolute Gasteiger partial charge is 0.221 e. The van der Waals surface area contributed by atoms with Crippen LogP contribution in [0.1, 0.15) is 11.5 Å². The highest BCUT2D eigenvalue weighted by molar-refractivity contribution is 5.73. The van der Waals surface area contributed by atoms with Crippen LogP contribution in [0.15, 0.2) is 16.5 Å². The van der Waals surface area contributed by atoms with E-state index in [1.165, 1.54) is 6.07 Å². The number of nitrogens with zero attached hydrogens (tertiary/aromatic N) is 1. The minimum Gasteiger partial charge on any atom is -0.438 e. The SMILES string of the molecule is Cc1cc2oc(CO)nc2cc1F. The van der Waals surface area contributed by atoms with Crippen molar-refractivity contribution in [2.45, 2.75) is 13.5 Å². The van der Waals surface area contributed by atoms with Gasteiger partial charge in [0.05, 0.1) is 0 Å². The molecule has 0 aliphatic heterocycles. The molecule has 0 radical (unpaired) electrons. The van der Waals surface area contributed by atoms with Crippen LogP contribution in [0.3, 0.4) is 0 Å². The van der Waals surface area contributed by atoms with Gasteiger partial charge in [0.15, 0.2) is 5.58 Å². The van der Waals surface area contributed by atoms with Crippen LogP contribution in [0.4, 0.5) is 4.39 Å². The maximum atomic E-state index is 13.0. The second kappa shape index (κ2) is 2.81. The van der Waals surface area contributed by atoms with Gasteiger partial charge in [0.25, 0.3) is 0 Å². The van der Waals surface area contributed by atoms with E-state index in [-0.39, 0.29) is 18.3 Å². The molecule has 0 aliphatic carbocycles. The molecule has 0 unspecified atom stereocenters. The van der Waals surface area contributed by atoms with Crippen molar-refractivity contribution < 1.29 is 13.9 Å². The number of benzene rings is 1. The lowest BCUT2D eigenvalue weighted by Gasteiger charge is -1.92. The van der Waals surface area contributed by atoms with Gasteiger partial charge in [-0.15, -0.1) is 0 Å². The number of halogens is 1. The predicted octanol–water partition coefficient (Wildman–Crippen LogP) is 1.77. The monoisotopic (exact) mass is 181 g/mol. The second-order valence-corrected chi connectivity index (χ2v) is 2.83. The highest BCUT2D eigenvalue weighted by atomic mass is 19.1. The van der Waals surface area contributed by atoms with Crippen molar-refractivity contribution in [2.24, 2.45) is 0 Å². The van der Waals surface area contributed by atoms with Gasteiger partial charge in [-0.05, 0) is 18.6 Å². The van der Waals surface area contributed by atoms with Crippen LogP contribution in [-0.4, -0.2) is 10.1 Å². The molecule has 1 aromatic carbocycles. The zero-order valence-electron chi connectivity index (χ0n) is 7.04. The van der Waals surface area contributed by atoms with Gasteiger partial charge >= 0.3 is 0 Å². The fraction of sp³-hybridized carbons (Fsp3) is 0.222. The number of rotatable bonds is 1. The number of oxazole rings is 1. The van der Waals surface area contributed by atoms with Gasteiger partial charge in [0, 0.05) is 6.07 Å². The lowest BCUT2D eigenvalue weighted by Crippen LogP contribution is -1.81. The third kappa shape index (κ3) is 1.29. The zero-order valence-corrected chi connectivity index (χ0v) is 7.04. The predicted molar refractivity (Wildman–Crippen MR) is 44.6 cm³/mol. The molecule has 13 heavy (non-hydrogen) atoms. The molecular formula is C9H8FNO2. The van der Waals surface area contributed by atoms with Crippen molar-refractivity contribution in [3.63, 3.8) is 0 Å². The van der Waals surface area contributed by atoms with Crippen LogP contribution >= 0.6 is 0 Å². The van der Waals surface area contributed by atoms with E-state index in [9.17, 15) is 4.39 Å². The van der Waals surface area contributed by atoms with Crippen LogP contribution in [0.2, 0.25) is 0 Å². The molecule has 2 aromatic rings. The molecule has 68 valence electrons. The summed E-state index contributed by atoms with van der Waals surface area (Å²) >= 11 is 0. The van der Waals surface area contributed by atoms with Gasteiger partial charge in [0.2, 0.25) is 5.89 Å². The van der Waals surface area contributed by atoms with E-state index in [1.54, 1.807) is 13.0 Å². The summed E-state index contributed by atoms with van der Waals surface area (Å²) in [6, 6.07) is 2.87. The van der Waals surface area contributed by atoms with Crippen LogP contribution in [-0.2, 0) is 6.61 Å². The van der Waals surface area contributed by atoms with Crippen molar-refractivity contribution in [1.29, 1.82) is 0 Å². The Morgan fingerprint density at radius 1 is 1.54 bits per heavy atom. The van der Waals surface area contributed by atoms with E-state index in [2.05, 4.69) is 4.98 Å². The molecule has 0 amide bonds. The summed E-state index contributed by atoms with van der Waals surface area (Å²) in [4.78, 5) is 3.88. The van der Waals surface area contributed by atoms with Gasteiger partial charge < -0.3 is 9.52 Å². The zero-order chi connectivity index (χ0) is 9.42. The normalized spacial score (nSPS) is 11.0. The molecule has 1 heterocycles. The second-order valence-electron chi connectivity index (χ2n) is 2.83. The molecule has 0 saturated carbocycles. The van der Waals surface area contributed by atoms with Gasteiger partial charge in [-0.2, -0.15) is 0 Å². The standard InChI is InChI=1S/C9H8FNO2/c1-5-2-8-7(3-6(5)10)11-9(4-12)13-8/h2-3,12H,4H2,1H3. The molecule has 1 aromatic heterocycles. The molecule has 1 N–H and O–H groups in total. The quantitative estimate of drug-likeness (QED) is 0.729. The van der Waals surface area contributed by atoms with Gasteiger partial charge in [-0.25, -0.2) is 9.37 Å². The molecule has 0 bridgehead atoms. The van der Waals surface area contributed by atoms with Crippen molar-refractivity contribution in [3.05, 3.63) is 29.4 Å². The first-order valence-electron chi connectivity index (χ1n) is 3.87. The first kappa shape index (κ1) is 8.19. The molecule has 2 rings (SSSR count). The summed E-state index contributed by atoms with van der Waals surface area (Å²) in [7, 11) is 0. The lowest BCUT2D eigenvalue weighted by atomic mass is 10.2. The highest BCUT2D eigenvalue weighted by Gasteiger charge is 2.07. The van der Waals surface area contributed by atoms with E-state index in [0.29, 0.717) is 16.7 Å². The summed E-state index contributed by atoms with van der Waals surface area (Å²) < 4.78 is 18.1. The molecule has 3 nitrogen and oxygen atoms in total. The molecule has 0 aliphatic rings. The molecule has 0 fully saturated rings. The fourth-order valence-corrected chi connectivity index (χ4v) is 1.17. The lowest BCUT2D eigenvalue weighted by molar-refractivity contribution is 0.244. The summed E-state index contributed by atoms with van der Waals surface area (Å²) in [5.41, 5.74) is 1.45. The third-order valence-corrected chi connectivity index (χ3v) is 1.85. The Balaban J connectivity index is 2.70. The minimum atomic E-state index is -0.315. The number of fused-ring (bicyclic) bond motifs is 1. The molecule has 0 atom stereocenters. The number of hydrogen-bond donors (Lipinski definition) is 1. The third-order valence-electron chi connectivity index (χ3n) is 1.85. The van der Waals surface area contributed by atoms with E-state index in [1.807, 2.05) is 0 Å². The number of hydrogen-bond acceptors (Lipinski definition) is 3. The summed E-state index contributed by atoms with van der Waals surface area (Å²) in [5.74, 6) is -0.106. The van der Waals surface area contributed by atoms with Gasteiger partial charge in [-0.1, -0.05) is 0 Å². The maximum Gasteiger partial charge on any atom is 0.221 e. The van der Waals surface area contributed by atoms with Crippen LogP contribution in [0, 0.1) is 12.7 Å². The first-order valence-corrected chi connectivity index (χ1v) is 3.87. The molecular weight excluding hydrogens is 173 g/mol. The van der Waals surface area contributed by atoms with Crippen LogP contribution in [0.5, 0.6) is 0 Å². The maximum absolute atomic E-state index is 13.0. The average Bonchev–Trinajstić information content (AvgIpc) is 2.48. The summed E-state index contributed by atoms with van der Waals surface area (Å²) in [6.07, 6.45) is 0. The number of aryl methyl sites for hydroxylation is 1. The van der Waals surface area contributed by atoms with E-state index < -0.39 is 0 Å². The Hall–Kier alpha value is -1.42. The van der Waals surface area contributed by atoms with E-state index in [4.69, 9.17) is 9.52 Å². The number of aromatic nitrogens is 1. The minimum absolute atomic E-state index is 0.208. The number of aliphatic hydroxyl groups is 1. The van der Waals surface area contributed by atoms with Crippen molar-refractivity contribution >= 4 is 11.1 Å². The first-order chi connectivity index (χ1) is 6.20. The van der Waals surface area contributed by atoms with Crippen molar-refractivity contribution in [3.8, 4) is 0 Å². The van der Waals surface area contributed by atoms with Crippen LogP contribution < -0.4 is 0 Å².